The molecule has 0 bridgehead atoms. The lowest BCUT2D eigenvalue weighted by Gasteiger charge is -2.12. The van der Waals surface area contributed by atoms with Crippen LogP contribution in [0.3, 0.4) is 0 Å². The molecule has 1 aromatic carbocycles. The summed E-state index contributed by atoms with van der Waals surface area (Å²) in [4.78, 5) is 9.28. The average Bonchev–Trinajstić information content (AvgIpc) is 3.11. The lowest BCUT2D eigenvalue weighted by atomic mass is 10.2. The standard InChI is InChI=1S/C20H24BrN5O2.HI/c1-4-22-20(23-10-14-5-7-17(27-2)9-18(14)28-3)24-11-16-13-26-12-15(21)6-8-19(26)25-16;/h5-9,12-13H,4,10-11H2,1-3H3,(H2,22,23,24);1H. The predicted octanol–water partition coefficient (Wildman–Crippen LogP) is 3.99. The van der Waals surface area contributed by atoms with E-state index in [1.54, 1.807) is 14.2 Å². The molecule has 0 aliphatic heterocycles. The molecular formula is C20H25BrIN5O2. The first-order chi connectivity index (χ1) is 13.6. The Hall–Kier alpha value is -2.01. The number of nitrogens with zero attached hydrogens (tertiary/aromatic N) is 3. The Morgan fingerprint density at radius 2 is 1.97 bits per heavy atom. The summed E-state index contributed by atoms with van der Waals surface area (Å²) >= 11 is 3.48. The monoisotopic (exact) mass is 573 g/mol. The van der Waals surface area contributed by atoms with Crippen molar-refractivity contribution in [1.29, 1.82) is 0 Å². The summed E-state index contributed by atoms with van der Waals surface area (Å²) < 4.78 is 13.7. The van der Waals surface area contributed by atoms with Crippen molar-refractivity contribution in [2.45, 2.75) is 20.0 Å². The minimum atomic E-state index is 0. The van der Waals surface area contributed by atoms with E-state index in [1.165, 1.54) is 0 Å². The van der Waals surface area contributed by atoms with Crippen molar-refractivity contribution in [1.82, 2.24) is 20.0 Å². The van der Waals surface area contributed by atoms with E-state index in [-0.39, 0.29) is 24.0 Å². The van der Waals surface area contributed by atoms with Gasteiger partial charge in [0.1, 0.15) is 17.1 Å². The molecule has 2 aromatic heterocycles. The minimum Gasteiger partial charge on any atom is -0.497 e. The van der Waals surface area contributed by atoms with E-state index >= 15 is 0 Å². The molecule has 0 aliphatic rings. The second-order valence-corrected chi connectivity index (χ2v) is 6.99. The molecule has 9 heteroatoms. The number of aliphatic imine (C=N–C) groups is 1. The van der Waals surface area contributed by atoms with Gasteiger partial charge in [0.15, 0.2) is 5.96 Å². The van der Waals surface area contributed by atoms with Gasteiger partial charge in [0.05, 0.1) is 33.0 Å². The molecule has 0 spiro atoms. The number of pyridine rings is 1. The fraction of sp³-hybridized carbons (Fsp3) is 0.300. The molecule has 0 radical (unpaired) electrons. The summed E-state index contributed by atoms with van der Waals surface area (Å²) in [5, 5.41) is 6.59. The van der Waals surface area contributed by atoms with Crippen molar-refractivity contribution in [2.24, 2.45) is 4.99 Å². The smallest absolute Gasteiger partial charge is 0.191 e. The van der Waals surface area contributed by atoms with Crippen LogP contribution in [-0.4, -0.2) is 36.1 Å². The topological polar surface area (TPSA) is 72.2 Å². The molecule has 0 amide bonds. The minimum absolute atomic E-state index is 0. The maximum atomic E-state index is 5.45. The van der Waals surface area contributed by atoms with E-state index in [0.29, 0.717) is 13.1 Å². The lowest BCUT2D eigenvalue weighted by molar-refractivity contribution is 0.391. The van der Waals surface area contributed by atoms with Crippen LogP contribution in [0.15, 0.2) is 52.2 Å². The van der Waals surface area contributed by atoms with Crippen molar-refractivity contribution >= 4 is 51.5 Å². The number of halogens is 2. The van der Waals surface area contributed by atoms with Crippen LogP contribution in [0.5, 0.6) is 11.5 Å². The Morgan fingerprint density at radius 1 is 1.14 bits per heavy atom. The summed E-state index contributed by atoms with van der Waals surface area (Å²) in [6.45, 7) is 3.86. The predicted molar refractivity (Wildman–Crippen MR) is 130 cm³/mol. The highest BCUT2D eigenvalue weighted by Crippen LogP contribution is 2.25. The van der Waals surface area contributed by atoms with Gasteiger partial charge in [-0.2, -0.15) is 0 Å². The fourth-order valence-corrected chi connectivity index (χ4v) is 3.12. The highest BCUT2D eigenvalue weighted by Gasteiger charge is 2.07. The van der Waals surface area contributed by atoms with E-state index < -0.39 is 0 Å². The van der Waals surface area contributed by atoms with Gasteiger partial charge in [0.2, 0.25) is 0 Å². The van der Waals surface area contributed by atoms with Crippen LogP contribution in [0.4, 0.5) is 0 Å². The number of nitrogens with one attached hydrogen (secondary N) is 2. The zero-order chi connectivity index (χ0) is 19.9. The van der Waals surface area contributed by atoms with Crippen molar-refractivity contribution in [3.05, 3.63) is 58.5 Å². The Morgan fingerprint density at radius 3 is 2.69 bits per heavy atom. The summed E-state index contributed by atoms with van der Waals surface area (Å²) in [6, 6.07) is 9.68. The Kier molecular flexibility index (Phi) is 9.02. The molecule has 2 N–H and O–H groups in total. The average molecular weight is 574 g/mol. The summed E-state index contributed by atoms with van der Waals surface area (Å²) in [7, 11) is 3.28. The molecular weight excluding hydrogens is 549 g/mol. The van der Waals surface area contributed by atoms with Gasteiger partial charge < -0.3 is 24.5 Å². The molecule has 0 saturated carbocycles. The highest BCUT2D eigenvalue weighted by molar-refractivity contribution is 14.0. The van der Waals surface area contributed by atoms with Gasteiger partial charge in [-0.05, 0) is 47.1 Å². The summed E-state index contributed by atoms with van der Waals surface area (Å²) in [5.41, 5.74) is 2.83. The maximum Gasteiger partial charge on any atom is 0.191 e. The van der Waals surface area contributed by atoms with E-state index in [2.05, 4.69) is 36.5 Å². The number of ether oxygens (including phenoxy) is 2. The van der Waals surface area contributed by atoms with Gasteiger partial charge >= 0.3 is 0 Å². The van der Waals surface area contributed by atoms with Crippen LogP contribution in [0.25, 0.3) is 5.65 Å². The molecule has 0 saturated heterocycles. The number of hydrogen-bond acceptors (Lipinski definition) is 4. The van der Waals surface area contributed by atoms with E-state index in [1.807, 2.05) is 54.0 Å². The van der Waals surface area contributed by atoms with Gasteiger partial charge in [0.25, 0.3) is 0 Å². The largest absolute Gasteiger partial charge is 0.497 e. The van der Waals surface area contributed by atoms with Crippen LogP contribution in [0.2, 0.25) is 0 Å². The number of imidazole rings is 1. The fourth-order valence-electron chi connectivity index (χ4n) is 2.77. The number of benzene rings is 1. The third kappa shape index (κ3) is 6.23. The maximum absolute atomic E-state index is 5.45. The van der Waals surface area contributed by atoms with Gasteiger partial charge in [-0.3, -0.25) is 0 Å². The normalized spacial score (nSPS) is 11.1. The zero-order valence-electron chi connectivity index (χ0n) is 16.6. The molecule has 0 atom stereocenters. The quantitative estimate of drug-likeness (QED) is 0.254. The number of fused-ring (bicyclic) bond motifs is 1. The molecule has 3 rings (SSSR count). The van der Waals surface area contributed by atoms with Gasteiger partial charge in [-0.1, -0.05) is 0 Å². The Balaban J connectivity index is 0.00000300. The molecule has 29 heavy (non-hydrogen) atoms. The van der Waals surface area contributed by atoms with Gasteiger partial charge in [-0.15, -0.1) is 24.0 Å². The Labute approximate surface area is 196 Å². The van der Waals surface area contributed by atoms with Crippen molar-refractivity contribution in [2.75, 3.05) is 20.8 Å². The first kappa shape index (κ1) is 23.3. The highest BCUT2D eigenvalue weighted by atomic mass is 127. The first-order valence-electron chi connectivity index (χ1n) is 8.99. The number of methoxy groups -OCH3 is 2. The molecule has 0 unspecified atom stereocenters. The van der Waals surface area contributed by atoms with Gasteiger partial charge in [-0.25, -0.2) is 9.98 Å². The van der Waals surface area contributed by atoms with E-state index in [0.717, 1.165) is 45.4 Å². The number of rotatable bonds is 7. The second-order valence-electron chi connectivity index (χ2n) is 6.07. The van der Waals surface area contributed by atoms with Crippen LogP contribution in [0.1, 0.15) is 18.2 Å². The summed E-state index contributed by atoms with van der Waals surface area (Å²) in [5.74, 6) is 2.23. The molecule has 3 aromatic rings. The number of aromatic nitrogens is 2. The van der Waals surface area contributed by atoms with Crippen LogP contribution in [0, 0.1) is 0 Å². The first-order valence-corrected chi connectivity index (χ1v) is 9.78. The third-order valence-electron chi connectivity index (χ3n) is 4.15. The van der Waals surface area contributed by atoms with Crippen molar-refractivity contribution in [3.8, 4) is 11.5 Å². The summed E-state index contributed by atoms with van der Waals surface area (Å²) in [6.07, 6.45) is 3.99. The second kappa shape index (κ2) is 11.2. The van der Waals surface area contributed by atoms with Crippen LogP contribution < -0.4 is 20.1 Å². The lowest BCUT2D eigenvalue weighted by Crippen LogP contribution is -2.36. The van der Waals surface area contributed by atoms with E-state index in [9.17, 15) is 0 Å². The van der Waals surface area contributed by atoms with Gasteiger partial charge in [0, 0.05) is 35.0 Å². The van der Waals surface area contributed by atoms with Crippen molar-refractivity contribution in [3.63, 3.8) is 0 Å². The zero-order valence-corrected chi connectivity index (χ0v) is 20.5. The number of hydrogen-bond donors (Lipinski definition) is 2. The Bertz CT molecular complexity index is 977. The third-order valence-corrected chi connectivity index (χ3v) is 4.62. The van der Waals surface area contributed by atoms with Crippen molar-refractivity contribution < 1.29 is 9.47 Å². The van der Waals surface area contributed by atoms with E-state index in [4.69, 9.17) is 9.47 Å². The van der Waals surface area contributed by atoms with Crippen LogP contribution in [-0.2, 0) is 13.1 Å². The molecule has 0 fully saturated rings. The van der Waals surface area contributed by atoms with Crippen LogP contribution >= 0.6 is 39.9 Å². The molecule has 7 nitrogen and oxygen atoms in total. The molecule has 156 valence electrons. The number of guanidine groups is 1. The SMILES string of the molecule is CCNC(=NCc1ccc(OC)cc1OC)NCc1cn2cc(Br)ccc2n1.I. The molecule has 0 aliphatic carbocycles. The molecule has 2 heterocycles.